The van der Waals surface area contributed by atoms with Gasteiger partial charge in [-0.25, -0.2) is 0 Å². The van der Waals surface area contributed by atoms with Crippen LogP contribution in [0.25, 0.3) is 65.7 Å². The molecule has 0 aliphatic heterocycles. The Bertz CT molecular complexity index is 3070. The van der Waals surface area contributed by atoms with Gasteiger partial charge in [0.05, 0.1) is 10.9 Å². The smallest absolute Gasteiger partial charge is 0.208 e. The lowest BCUT2D eigenvalue weighted by molar-refractivity contribution is 0.329. The van der Waals surface area contributed by atoms with Crippen LogP contribution in [0.3, 0.4) is 0 Å². The molecular formula is C46H43ClO13. The molecule has 0 aromatic heterocycles. The van der Waals surface area contributed by atoms with Crippen LogP contribution in [0.5, 0.6) is 74.7 Å². The Labute approximate surface area is 347 Å². The van der Waals surface area contributed by atoms with Gasteiger partial charge in [-0.15, -0.1) is 0 Å². The third-order valence-electron chi connectivity index (χ3n) is 12.7. The minimum Gasteiger partial charge on any atom is -0.506 e. The van der Waals surface area contributed by atoms with E-state index < -0.39 is 85.9 Å². The van der Waals surface area contributed by atoms with E-state index in [1.165, 1.54) is 27.7 Å². The molecule has 7 aromatic rings. The Morgan fingerprint density at radius 1 is 0.200 bits per heavy atom. The van der Waals surface area contributed by atoms with E-state index in [9.17, 15) is 66.4 Å². The maximum Gasteiger partial charge on any atom is 0.208 e. The van der Waals surface area contributed by atoms with E-state index in [4.69, 9.17) is 11.6 Å². The van der Waals surface area contributed by atoms with Crippen LogP contribution in [0.15, 0.2) is 0 Å². The number of hydrogen-bond acceptors (Lipinski definition) is 13. The normalized spacial score (nSPS) is 11.8. The van der Waals surface area contributed by atoms with Crippen molar-refractivity contribution in [2.24, 2.45) is 0 Å². The standard InChI is InChI=1S/C46H43ClO13/c1-11-12(2)27(38(52)31-21(11)18(8)37(51)43(57)40(31)54)29-22-13(3)15(5)33(47)17(7)24(22)28(25-19(9)35(49)36(50)20(10)26(25)29)23-14(4)16(6)34(48)39(53)30(23)32-41(55)44(58)46(60)45(59)42(32)56/h48-60H,1-10H3. The van der Waals surface area contributed by atoms with Gasteiger partial charge in [-0.2, -0.15) is 0 Å². The average molecular weight is 839 g/mol. The molecule has 13 nitrogen and oxygen atoms in total. The van der Waals surface area contributed by atoms with Crippen molar-refractivity contribution in [3.63, 3.8) is 0 Å². The highest BCUT2D eigenvalue weighted by atomic mass is 35.5. The largest absolute Gasteiger partial charge is 0.506 e. The lowest BCUT2D eigenvalue weighted by Crippen LogP contribution is -2.04. The Morgan fingerprint density at radius 3 is 1.05 bits per heavy atom. The van der Waals surface area contributed by atoms with Crippen molar-refractivity contribution in [3.8, 4) is 108 Å². The molecule has 0 unspecified atom stereocenters. The monoisotopic (exact) mass is 838 g/mol. The second-order valence-corrected chi connectivity index (χ2v) is 16.0. The van der Waals surface area contributed by atoms with E-state index >= 15 is 0 Å². The van der Waals surface area contributed by atoms with E-state index in [0.717, 1.165) is 0 Å². The fraction of sp³-hybridized carbons (Fsp3) is 0.217. The fourth-order valence-electron chi connectivity index (χ4n) is 9.05. The summed E-state index contributed by atoms with van der Waals surface area (Å²) in [5.41, 5.74) is 2.35. The second-order valence-electron chi connectivity index (χ2n) is 15.6. The molecule has 14 heteroatoms. The lowest BCUT2D eigenvalue weighted by atomic mass is 9.75. The van der Waals surface area contributed by atoms with Crippen LogP contribution in [0.1, 0.15) is 55.6 Å². The maximum absolute atomic E-state index is 12.5. The van der Waals surface area contributed by atoms with Crippen molar-refractivity contribution < 1.29 is 66.4 Å². The molecule has 0 radical (unpaired) electrons. The lowest BCUT2D eigenvalue weighted by Gasteiger charge is -2.29. The van der Waals surface area contributed by atoms with Crippen LogP contribution >= 0.6 is 11.6 Å². The van der Waals surface area contributed by atoms with Crippen molar-refractivity contribution in [1.29, 1.82) is 0 Å². The first-order valence-corrected chi connectivity index (χ1v) is 19.0. The Hall–Kier alpha value is -6.99. The van der Waals surface area contributed by atoms with E-state index in [-0.39, 0.29) is 76.6 Å². The molecule has 0 amide bonds. The summed E-state index contributed by atoms with van der Waals surface area (Å²) in [4.78, 5) is 0. The third-order valence-corrected chi connectivity index (χ3v) is 13.3. The molecule has 0 spiro atoms. The topological polar surface area (TPSA) is 263 Å². The highest BCUT2D eigenvalue weighted by Gasteiger charge is 2.36. The summed E-state index contributed by atoms with van der Waals surface area (Å²) in [5, 5.41) is 148. The molecule has 7 aromatic carbocycles. The zero-order valence-electron chi connectivity index (χ0n) is 34.2. The van der Waals surface area contributed by atoms with Crippen molar-refractivity contribution in [2.45, 2.75) is 69.2 Å². The first-order valence-electron chi connectivity index (χ1n) is 18.6. The van der Waals surface area contributed by atoms with Gasteiger partial charge in [-0.1, -0.05) is 11.6 Å². The summed E-state index contributed by atoms with van der Waals surface area (Å²) in [6.45, 7) is 16.2. The quantitative estimate of drug-likeness (QED) is 0.0449. The van der Waals surface area contributed by atoms with Gasteiger partial charge < -0.3 is 66.4 Å². The highest BCUT2D eigenvalue weighted by molar-refractivity contribution is 6.36. The number of rotatable bonds is 3. The van der Waals surface area contributed by atoms with Gasteiger partial charge in [0.1, 0.15) is 5.75 Å². The van der Waals surface area contributed by atoms with Gasteiger partial charge in [0.2, 0.25) is 23.0 Å². The fourth-order valence-corrected chi connectivity index (χ4v) is 9.28. The number of aromatic hydroxyl groups is 13. The van der Waals surface area contributed by atoms with Crippen LogP contribution in [0, 0.1) is 69.2 Å². The van der Waals surface area contributed by atoms with Gasteiger partial charge in [-0.05, 0) is 146 Å². The molecule has 0 aliphatic rings. The first kappa shape index (κ1) is 41.2. The van der Waals surface area contributed by atoms with Crippen LogP contribution in [0.2, 0.25) is 5.02 Å². The van der Waals surface area contributed by atoms with E-state index in [0.29, 0.717) is 38.6 Å². The zero-order valence-corrected chi connectivity index (χ0v) is 34.9. The molecule has 312 valence electrons. The van der Waals surface area contributed by atoms with Crippen molar-refractivity contribution in [2.75, 3.05) is 0 Å². The first-order chi connectivity index (χ1) is 27.9. The molecule has 0 saturated carbocycles. The van der Waals surface area contributed by atoms with Crippen LogP contribution in [0.4, 0.5) is 0 Å². The van der Waals surface area contributed by atoms with Gasteiger partial charge >= 0.3 is 0 Å². The van der Waals surface area contributed by atoms with E-state index in [1.54, 1.807) is 41.5 Å². The molecule has 0 bridgehead atoms. The molecule has 0 fully saturated rings. The van der Waals surface area contributed by atoms with Gasteiger partial charge in [0.15, 0.2) is 46.0 Å². The number of aryl methyl sites for hydroxylation is 6. The highest BCUT2D eigenvalue weighted by Crippen LogP contribution is 2.64. The molecule has 13 N–H and O–H groups in total. The minimum absolute atomic E-state index is 0.0289. The van der Waals surface area contributed by atoms with Crippen molar-refractivity contribution in [3.05, 3.63) is 60.7 Å². The van der Waals surface area contributed by atoms with Crippen molar-refractivity contribution in [1.82, 2.24) is 0 Å². The predicted molar refractivity (Wildman–Crippen MR) is 229 cm³/mol. The molecule has 0 atom stereocenters. The molecule has 60 heavy (non-hydrogen) atoms. The van der Waals surface area contributed by atoms with Crippen molar-refractivity contribution >= 4 is 43.9 Å². The Kier molecular flexibility index (Phi) is 9.10. The number of phenols is 13. The molecule has 0 saturated heterocycles. The summed E-state index contributed by atoms with van der Waals surface area (Å²) in [6, 6.07) is 0. The Morgan fingerprint density at radius 2 is 0.533 bits per heavy atom. The zero-order chi connectivity index (χ0) is 44.8. The number of fused-ring (bicyclic) bond motifs is 3. The van der Waals surface area contributed by atoms with Crippen LogP contribution in [-0.2, 0) is 0 Å². The van der Waals surface area contributed by atoms with Gasteiger partial charge in [0.25, 0.3) is 0 Å². The average Bonchev–Trinajstić information content (AvgIpc) is 3.22. The number of phenolic OH excluding ortho intramolecular Hbond substituents is 13. The second kappa shape index (κ2) is 13.3. The van der Waals surface area contributed by atoms with Crippen LogP contribution < -0.4 is 0 Å². The third kappa shape index (κ3) is 4.92. The van der Waals surface area contributed by atoms with Gasteiger partial charge in [-0.3, -0.25) is 0 Å². The SMILES string of the molecule is Cc1c(C)c(-c2c3c(C)c(O)c(O)c(C)c3c(-c3c(C)c(C)c4c(C)c(O)c(O)c(O)c4c3O)c3c(C)c(C)c(Cl)c(C)c23)c(-c2c(O)c(O)c(O)c(O)c2O)c(O)c1O. The Balaban J connectivity index is 1.94. The maximum atomic E-state index is 12.5. The summed E-state index contributed by atoms with van der Waals surface area (Å²) < 4.78 is 0. The van der Waals surface area contributed by atoms with E-state index in [2.05, 4.69) is 0 Å². The summed E-state index contributed by atoms with van der Waals surface area (Å²) in [7, 11) is 0. The molecule has 0 aliphatic carbocycles. The van der Waals surface area contributed by atoms with Gasteiger partial charge in [0, 0.05) is 38.4 Å². The molecule has 0 heterocycles. The summed E-state index contributed by atoms with van der Waals surface area (Å²) in [6.07, 6.45) is 0. The predicted octanol–water partition coefficient (Wildman–Crippen LogP) is 10.1. The summed E-state index contributed by atoms with van der Waals surface area (Å²) in [5.74, 6) is -11.6. The summed E-state index contributed by atoms with van der Waals surface area (Å²) >= 11 is 7.14. The molecular weight excluding hydrogens is 796 g/mol. The minimum atomic E-state index is -1.27. The number of halogens is 1. The molecule has 7 rings (SSSR count). The van der Waals surface area contributed by atoms with E-state index in [1.807, 2.05) is 0 Å². The number of hydrogen-bond donors (Lipinski definition) is 13. The number of benzene rings is 7. The van der Waals surface area contributed by atoms with Crippen LogP contribution in [-0.4, -0.2) is 66.4 Å².